The van der Waals surface area contributed by atoms with Gasteiger partial charge in [0.05, 0.1) is 0 Å². The molecule has 3 aromatic carbocycles. The van der Waals surface area contributed by atoms with Gasteiger partial charge in [0.1, 0.15) is 6.04 Å². The number of carbonyl (C=O) groups excluding carboxylic acids is 2. The van der Waals surface area contributed by atoms with E-state index < -0.39 is 6.04 Å². The zero-order chi connectivity index (χ0) is 22.1. The minimum Gasteiger partial charge on any atom is -0.350 e. The van der Waals surface area contributed by atoms with Gasteiger partial charge in [0, 0.05) is 19.5 Å². The smallest absolute Gasteiger partial charge is 0.242 e. The molecule has 0 saturated heterocycles. The van der Waals surface area contributed by atoms with E-state index in [9.17, 15) is 9.59 Å². The zero-order valence-corrected chi connectivity index (χ0v) is 18.3. The van der Waals surface area contributed by atoms with Crippen LogP contribution in [0, 0.1) is 6.92 Å². The number of hydrogen-bond acceptors (Lipinski definition) is 2. The molecule has 160 valence electrons. The number of rotatable bonds is 9. The van der Waals surface area contributed by atoms with E-state index in [2.05, 4.69) is 5.32 Å². The lowest BCUT2D eigenvalue weighted by atomic mass is 10.1. The Morgan fingerprint density at radius 1 is 0.806 bits per heavy atom. The summed E-state index contributed by atoms with van der Waals surface area (Å²) in [5.41, 5.74) is 4.35. The van der Waals surface area contributed by atoms with E-state index in [0.29, 0.717) is 25.9 Å². The van der Waals surface area contributed by atoms with E-state index in [0.717, 1.165) is 16.7 Å². The molecule has 1 N–H and O–H groups in total. The third-order valence-electron chi connectivity index (χ3n) is 5.42. The molecule has 4 heteroatoms. The van der Waals surface area contributed by atoms with E-state index in [1.165, 1.54) is 5.56 Å². The number of carbonyl (C=O) groups is 2. The van der Waals surface area contributed by atoms with E-state index in [4.69, 9.17) is 0 Å². The van der Waals surface area contributed by atoms with E-state index in [1.54, 1.807) is 11.8 Å². The number of nitrogens with one attached hydrogen (secondary N) is 1. The molecule has 0 aliphatic rings. The van der Waals surface area contributed by atoms with Crippen molar-refractivity contribution in [2.24, 2.45) is 0 Å². The number of amides is 2. The van der Waals surface area contributed by atoms with E-state index in [1.807, 2.05) is 91.9 Å². The van der Waals surface area contributed by atoms with Crippen molar-refractivity contribution in [2.45, 2.75) is 45.8 Å². The zero-order valence-electron chi connectivity index (χ0n) is 18.3. The Bertz CT molecular complexity index is 969. The normalized spacial score (nSPS) is 11.5. The number of benzene rings is 3. The van der Waals surface area contributed by atoms with Crippen molar-refractivity contribution in [3.63, 3.8) is 0 Å². The lowest BCUT2D eigenvalue weighted by Gasteiger charge is -2.29. The molecule has 0 unspecified atom stereocenters. The second kappa shape index (κ2) is 11.1. The monoisotopic (exact) mass is 414 g/mol. The molecule has 0 spiro atoms. The van der Waals surface area contributed by atoms with Crippen LogP contribution in [0.2, 0.25) is 0 Å². The van der Waals surface area contributed by atoms with Crippen molar-refractivity contribution in [3.05, 3.63) is 107 Å². The molecule has 0 radical (unpaired) electrons. The maximum atomic E-state index is 13.1. The Morgan fingerprint density at radius 3 is 2.00 bits per heavy atom. The average molecular weight is 415 g/mol. The Morgan fingerprint density at radius 2 is 1.39 bits per heavy atom. The van der Waals surface area contributed by atoms with Gasteiger partial charge in [0.2, 0.25) is 11.8 Å². The summed E-state index contributed by atoms with van der Waals surface area (Å²) in [7, 11) is 0. The van der Waals surface area contributed by atoms with Crippen LogP contribution in [0.4, 0.5) is 0 Å². The summed E-state index contributed by atoms with van der Waals surface area (Å²) in [6, 6.07) is 27.3. The SMILES string of the molecule is Cc1ccc(CNC(=O)[C@@H](C)N(Cc2ccccc2)C(=O)CCc2ccccc2)cc1. The number of hydrogen-bond donors (Lipinski definition) is 1. The Kier molecular flexibility index (Phi) is 7.99. The first-order chi connectivity index (χ1) is 15.0. The van der Waals surface area contributed by atoms with Gasteiger partial charge in [-0.05, 0) is 37.0 Å². The van der Waals surface area contributed by atoms with Crippen LogP contribution in [0.15, 0.2) is 84.9 Å². The Labute approximate surface area is 184 Å². The van der Waals surface area contributed by atoms with Crippen LogP contribution in [-0.4, -0.2) is 22.8 Å². The average Bonchev–Trinajstić information content (AvgIpc) is 2.81. The molecule has 31 heavy (non-hydrogen) atoms. The molecule has 0 heterocycles. The van der Waals surface area contributed by atoms with Gasteiger partial charge < -0.3 is 10.2 Å². The highest BCUT2D eigenvalue weighted by molar-refractivity contribution is 5.87. The summed E-state index contributed by atoms with van der Waals surface area (Å²) in [6.07, 6.45) is 1.02. The van der Waals surface area contributed by atoms with Gasteiger partial charge >= 0.3 is 0 Å². The van der Waals surface area contributed by atoms with Crippen molar-refractivity contribution < 1.29 is 9.59 Å². The molecule has 0 fully saturated rings. The van der Waals surface area contributed by atoms with E-state index in [-0.39, 0.29) is 11.8 Å². The molecule has 4 nitrogen and oxygen atoms in total. The lowest BCUT2D eigenvalue weighted by molar-refractivity contribution is -0.140. The first-order valence-corrected chi connectivity index (χ1v) is 10.7. The predicted molar refractivity (Wildman–Crippen MR) is 124 cm³/mol. The van der Waals surface area contributed by atoms with Gasteiger partial charge in [-0.2, -0.15) is 0 Å². The Balaban J connectivity index is 1.66. The third kappa shape index (κ3) is 6.82. The molecule has 2 amide bonds. The summed E-state index contributed by atoms with van der Waals surface area (Å²) >= 11 is 0. The predicted octanol–water partition coefficient (Wildman–Crippen LogP) is 4.66. The minimum absolute atomic E-state index is 0.0225. The molecule has 0 aromatic heterocycles. The summed E-state index contributed by atoms with van der Waals surface area (Å²) in [4.78, 5) is 27.7. The number of aryl methyl sites for hydroxylation is 2. The topological polar surface area (TPSA) is 49.4 Å². The molecule has 1 atom stereocenters. The van der Waals surface area contributed by atoms with Gasteiger partial charge in [-0.15, -0.1) is 0 Å². The first-order valence-electron chi connectivity index (χ1n) is 10.7. The molecular formula is C27H30N2O2. The van der Waals surface area contributed by atoms with Crippen molar-refractivity contribution in [1.29, 1.82) is 0 Å². The number of nitrogens with zero attached hydrogens (tertiary/aromatic N) is 1. The second-order valence-electron chi connectivity index (χ2n) is 7.87. The molecule has 0 aliphatic heterocycles. The van der Waals surface area contributed by atoms with Gasteiger partial charge in [-0.1, -0.05) is 90.5 Å². The summed E-state index contributed by atoms with van der Waals surface area (Å²) in [5.74, 6) is -0.171. The summed E-state index contributed by atoms with van der Waals surface area (Å²) in [6.45, 7) is 4.69. The van der Waals surface area contributed by atoms with Gasteiger partial charge in [0.15, 0.2) is 0 Å². The standard InChI is InChI=1S/C27H30N2O2/c1-21-13-15-24(16-14-21)19-28-27(31)22(2)29(20-25-11-7-4-8-12-25)26(30)18-17-23-9-5-3-6-10-23/h3-16,22H,17-20H2,1-2H3,(H,28,31)/t22-/m1/s1. The fourth-order valence-corrected chi connectivity index (χ4v) is 3.45. The van der Waals surface area contributed by atoms with Crippen molar-refractivity contribution in [1.82, 2.24) is 10.2 Å². The van der Waals surface area contributed by atoms with Crippen LogP contribution >= 0.6 is 0 Å². The molecule has 3 rings (SSSR count). The third-order valence-corrected chi connectivity index (χ3v) is 5.42. The molecule has 0 aliphatic carbocycles. The highest BCUT2D eigenvalue weighted by atomic mass is 16.2. The van der Waals surface area contributed by atoms with Crippen molar-refractivity contribution in [3.8, 4) is 0 Å². The van der Waals surface area contributed by atoms with Crippen molar-refractivity contribution in [2.75, 3.05) is 0 Å². The molecule has 0 bridgehead atoms. The van der Waals surface area contributed by atoms with Gasteiger partial charge in [-0.25, -0.2) is 0 Å². The van der Waals surface area contributed by atoms with Gasteiger partial charge in [0.25, 0.3) is 0 Å². The summed E-state index contributed by atoms with van der Waals surface area (Å²) in [5, 5.41) is 2.98. The fourth-order valence-electron chi connectivity index (χ4n) is 3.45. The highest BCUT2D eigenvalue weighted by Crippen LogP contribution is 2.13. The lowest BCUT2D eigenvalue weighted by Crippen LogP contribution is -2.47. The fraction of sp³-hybridized carbons (Fsp3) is 0.259. The van der Waals surface area contributed by atoms with Crippen LogP contribution in [0.25, 0.3) is 0 Å². The van der Waals surface area contributed by atoms with Crippen LogP contribution in [0.5, 0.6) is 0 Å². The van der Waals surface area contributed by atoms with Crippen LogP contribution in [0.1, 0.15) is 35.6 Å². The van der Waals surface area contributed by atoms with Crippen LogP contribution in [0.3, 0.4) is 0 Å². The summed E-state index contributed by atoms with van der Waals surface area (Å²) < 4.78 is 0. The van der Waals surface area contributed by atoms with Crippen molar-refractivity contribution >= 4 is 11.8 Å². The Hall–Kier alpha value is -3.40. The quantitative estimate of drug-likeness (QED) is 0.554. The van der Waals surface area contributed by atoms with Crippen LogP contribution in [-0.2, 0) is 29.1 Å². The van der Waals surface area contributed by atoms with Crippen LogP contribution < -0.4 is 5.32 Å². The second-order valence-corrected chi connectivity index (χ2v) is 7.87. The molecule has 0 saturated carbocycles. The molecular weight excluding hydrogens is 384 g/mol. The molecule has 3 aromatic rings. The largest absolute Gasteiger partial charge is 0.350 e. The van der Waals surface area contributed by atoms with E-state index >= 15 is 0 Å². The first kappa shape index (κ1) is 22.3. The highest BCUT2D eigenvalue weighted by Gasteiger charge is 2.25. The maximum absolute atomic E-state index is 13.1. The van der Waals surface area contributed by atoms with Gasteiger partial charge in [-0.3, -0.25) is 9.59 Å². The minimum atomic E-state index is -0.561. The maximum Gasteiger partial charge on any atom is 0.242 e.